The maximum absolute atomic E-state index is 12.9. The Labute approximate surface area is 312 Å². The molecule has 0 unspecified atom stereocenters. The number of aromatic nitrogens is 4. The fraction of sp³-hybridized carbons (Fsp3) is 0.0870. The molecular weight excluding hydrogens is 669 g/mol. The largest absolute Gasteiger partial charge is 0.355 e. The second kappa shape index (κ2) is 13.8. The Morgan fingerprint density at radius 3 is 1.31 bits per heavy atom. The summed E-state index contributed by atoms with van der Waals surface area (Å²) >= 11 is 0. The molecule has 2 aromatic heterocycles. The Morgan fingerprint density at radius 2 is 0.852 bits per heavy atom. The molecule has 1 saturated carbocycles. The monoisotopic (exact) mass is 702 g/mol. The van der Waals surface area contributed by atoms with Crippen LogP contribution in [0.3, 0.4) is 0 Å². The second-order valence-electron chi connectivity index (χ2n) is 13.5. The van der Waals surface area contributed by atoms with E-state index in [2.05, 4.69) is 41.0 Å². The summed E-state index contributed by atoms with van der Waals surface area (Å²) < 4.78 is 0. The molecule has 54 heavy (non-hydrogen) atoms. The molecule has 0 atom stereocenters. The number of rotatable bonds is 8. The lowest BCUT2D eigenvalue weighted by molar-refractivity contribution is 0.0947. The third-order valence-corrected chi connectivity index (χ3v) is 9.69. The standard InChI is InChI=1S/C46H34N6O2/c1-47-45(53)34-18-22-38-39(26-34)51-42(29-12-6-3-7-13-29)43(50-38)32-16-8-14-30(24-32)31-15-9-17-33(25-31)44-41(28-10-4-2-5-11-28)49-37-23-19-35(27-40(37)52-44)46(54)48-36-20-21-36/h2-19,22-27,36H,20-21H2,1H3,(H,47,53)(H,48,54). The molecule has 2 amide bonds. The van der Waals surface area contributed by atoms with Gasteiger partial charge in [0.2, 0.25) is 0 Å². The van der Waals surface area contributed by atoms with Crippen LogP contribution in [0.1, 0.15) is 33.6 Å². The first-order valence-electron chi connectivity index (χ1n) is 18.0. The predicted octanol–water partition coefficient (Wildman–Crippen LogP) is 9.16. The summed E-state index contributed by atoms with van der Waals surface area (Å²) in [5, 5.41) is 5.77. The number of amides is 2. The van der Waals surface area contributed by atoms with Gasteiger partial charge in [0.15, 0.2) is 0 Å². The average molecular weight is 703 g/mol. The van der Waals surface area contributed by atoms with E-state index >= 15 is 0 Å². The molecule has 9 rings (SSSR count). The van der Waals surface area contributed by atoms with Crippen LogP contribution in [0.4, 0.5) is 0 Å². The van der Waals surface area contributed by atoms with Crippen molar-refractivity contribution < 1.29 is 9.59 Å². The molecule has 1 fully saturated rings. The fourth-order valence-electron chi connectivity index (χ4n) is 6.72. The highest BCUT2D eigenvalue weighted by molar-refractivity contribution is 5.99. The molecule has 2 heterocycles. The van der Waals surface area contributed by atoms with Gasteiger partial charge in [0.05, 0.1) is 44.8 Å². The second-order valence-corrected chi connectivity index (χ2v) is 13.5. The summed E-state index contributed by atoms with van der Waals surface area (Å²) in [5.74, 6) is -0.262. The highest BCUT2D eigenvalue weighted by Gasteiger charge is 2.24. The van der Waals surface area contributed by atoms with Crippen molar-refractivity contribution in [3.8, 4) is 56.2 Å². The van der Waals surface area contributed by atoms with Gasteiger partial charge >= 0.3 is 0 Å². The minimum absolute atomic E-state index is 0.0862. The van der Waals surface area contributed by atoms with Crippen LogP contribution in [0, 0.1) is 0 Å². The van der Waals surface area contributed by atoms with Crippen molar-refractivity contribution in [2.45, 2.75) is 18.9 Å². The summed E-state index contributed by atoms with van der Waals surface area (Å²) in [7, 11) is 1.62. The van der Waals surface area contributed by atoms with E-state index < -0.39 is 0 Å². The van der Waals surface area contributed by atoms with Gasteiger partial charge in [0, 0.05) is 46.5 Å². The molecular formula is C46H34N6O2. The van der Waals surface area contributed by atoms with E-state index in [-0.39, 0.29) is 17.9 Å². The number of hydrogen-bond acceptors (Lipinski definition) is 6. The zero-order chi connectivity index (χ0) is 36.6. The van der Waals surface area contributed by atoms with Gasteiger partial charge in [-0.1, -0.05) is 97.1 Å². The number of benzene rings is 6. The van der Waals surface area contributed by atoms with E-state index in [0.29, 0.717) is 27.7 Å². The Morgan fingerprint density at radius 1 is 0.444 bits per heavy atom. The number of carbonyl (C=O) groups excluding carboxylic acids is 2. The van der Waals surface area contributed by atoms with Gasteiger partial charge < -0.3 is 10.6 Å². The van der Waals surface area contributed by atoms with Crippen LogP contribution in [0.5, 0.6) is 0 Å². The zero-order valence-corrected chi connectivity index (χ0v) is 29.5. The molecule has 1 aliphatic carbocycles. The Hall–Kier alpha value is -7.06. The fourth-order valence-corrected chi connectivity index (χ4v) is 6.72. The van der Waals surface area contributed by atoms with Gasteiger partial charge in [-0.15, -0.1) is 0 Å². The van der Waals surface area contributed by atoms with E-state index in [1.54, 1.807) is 19.2 Å². The highest BCUT2D eigenvalue weighted by Crippen LogP contribution is 2.36. The average Bonchev–Trinajstić information content (AvgIpc) is 4.06. The minimum atomic E-state index is -0.175. The SMILES string of the molecule is CNC(=O)c1ccc2nc(-c3cccc(-c4cccc(-c5nc6cc(C(=O)NC7CC7)ccc6nc5-c5ccccc5)c4)c3)c(-c3ccccc3)nc2c1. The minimum Gasteiger partial charge on any atom is -0.355 e. The van der Waals surface area contributed by atoms with Crippen molar-refractivity contribution in [2.75, 3.05) is 7.05 Å². The van der Waals surface area contributed by atoms with Crippen molar-refractivity contribution in [1.82, 2.24) is 30.6 Å². The van der Waals surface area contributed by atoms with Crippen molar-refractivity contribution in [3.63, 3.8) is 0 Å². The van der Waals surface area contributed by atoms with Crippen LogP contribution in [0.2, 0.25) is 0 Å². The number of carbonyl (C=O) groups is 2. The van der Waals surface area contributed by atoms with Crippen LogP contribution in [0.15, 0.2) is 146 Å². The van der Waals surface area contributed by atoms with Gasteiger partial charge in [-0.25, -0.2) is 19.9 Å². The number of hydrogen-bond donors (Lipinski definition) is 2. The molecule has 0 bridgehead atoms. The third-order valence-electron chi connectivity index (χ3n) is 9.69. The lowest BCUT2D eigenvalue weighted by Crippen LogP contribution is -2.25. The van der Waals surface area contributed by atoms with Crippen LogP contribution < -0.4 is 10.6 Å². The summed E-state index contributed by atoms with van der Waals surface area (Å²) in [6, 6.07) is 47.8. The van der Waals surface area contributed by atoms with Crippen molar-refractivity contribution in [3.05, 3.63) is 157 Å². The van der Waals surface area contributed by atoms with E-state index in [4.69, 9.17) is 19.9 Å². The normalized spacial score (nSPS) is 12.5. The predicted molar refractivity (Wildman–Crippen MR) is 214 cm³/mol. The first kappa shape index (κ1) is 32.8. The maximum atomic E-state index is 12.9. The van der Waals surface area contributed by atoms with Crippen LogP contribution >= 0.6 is 0 Å². The van der Waals surface area contributed by atoms with Gasteiger partial charge in [-0.05, 0) is 72.5 Å². The molecule has 0 radical (unpaired) electrons. The molecule has 8 aromatic rings. The lowest BCUT2D eigenvalue weighted by atomic mass is 9.96. The van der Waals surface area contributed by atoms with Gasteiger partial charge in [-0.3, -0.25) is 9.59 Å². The van der Waals surface area contributed by atoms with Crippen LogP contribution in [0.25, 0.3) is 78.2 Å². The molecule has 2 N–H and O–H groups in total. The highest BCUT2D eigenvalue weighted by atomic mass is 16.2. The Balaban J connectivity index is 1.15. The molecule has 260 valence electrons. The molecule has 0 saturated heterocycles. The summed E-state index contributed by atoms with van der Waals surface area (Å²) in [6.45, 7) is 0. The van der Waals surface area contributed by atoms with Crippen LogP contribution in [-0.4, -0.2) is 44.8 Å². The first-order valence-corrected chi connectivity index (χ1v) is 18.0. The first-order chi connectivity index (χ1) is 26.5. The van der Waals surface area contributed by atoms with Crippen molar-refractivity contribution in [1.29, 1.82) is 0 Å². The van der Waals surface area contributed by atoms with E-state index in [0.717, 1.165) is 74.5 Å². The lowest BCUT2D eigenvalue weighted by Gasteiger charge is -2.14. The van der Waals surface area contributed by atoms with E-state index in [1.165, 1.54) is 0 Å². The molecule has 0 spiro atoms. The Bertz CT molecular complexity index is 2730. The smallest absolute Gasteiger partial charge is 0.251 e. The van der Waals surface area contributed by atoms with Gasteiger partial charge in [0.1, 0.15) is 0 Å². The summed E-state index contributed by atoms with van der Waals surface area (Å²) in [5.41, 5.74) is 12.5. The molecule has 8 heteroatoms. The maximum Gasteiger partial charge on any atom is 0.251 e. The summed E-state index contributed by atoms with van der Waals surface area (Å²) in [4.78, 5) is 45.8. The molecule has 1 aliphatic rings. The topological polar surface area (TPSA) is 110 Å². The van der Waals surface area contributed by atoms with E-state index in [1.807, 2.05) is 103 Å². The quantitative estimate of drug-likeness (QED) is 0.163. The summed E-state index contributed by atoms with van der Waals surface area (Å²) in [6.07, 6.45) is 2.04. The van der Waals surface area contributed by atoms with Crippen molar-refractivity contribution >= 4 is 33.9 Å². The number of nitrogens with zero attached hydrogens (tertiary/aromatic N) is 4. The van der Waals surface area contributed by atoms with Gasteiger partial charge in [-0.2, -0.15) is 0 Å². The van der Waals surface area contributed by atoms with E-state index in [9.17, 15) is 9.59 Å². The number of nitrogens with one attached hydrogen (secondary N) is 2. The molecule has 6 aromatic carbocycles. The molecule has 8 nitrogen and oxygen atoms in total. The van der Waals surface area contributed by atoms with Crippen molar-refractivity contribution in [2.24, 2.45) is 0 Å². The zero-order valence-electron chi connectivity index (χ0n) is 29.5. The Kier molecular flexibility index (Phi) is 8.40. The van der Waals surface area contributed by atoms with Crippen LogP contribution in [-0.2, 0) is 0 Å². The third kappa shape index (κ3) is 6.45. The molecule has 0 aliphatic heterocycles. The van der Waals surface area contributed by atoms with Gasteiger partial charge in [0.25, 0.3) is 11.8 Å². The number of fused-ring (bicyclic) bond motifs is 2.